The second-order valence-electron chi connectivity index (χ2n) is 8.43. The second kappa shape index (κ2) is 8.52. The summed E-state index contributed by atoms with van der Waals surface area (Å²) < 4.78 is 5.53. The van der Waals surface area contributed by atoms with E-state index in [1.807, 2.05) is 45.9 Å². The smallest absolute Gasteiger partial charge is 0.414 e. The van der Waals surface area contributed by atoms with Crippen LogP contribution in [0, 0.1) is 0 Å². The van der Waals surface area contributed by atoms with Crippen LogP contribution in [-0.4, -0.2) is 29.1 Å². The molecule has 0 radical (unpaired) electrons. The minimum Gasteiger partial charge on any atom is -0.443 e. The summed E-state index contributed by atoms with van der Waals surface area (Å²) >= 11 is 5.86. The van der Waals surface area contributed by atoms with Gasteiger partial charge in [0.1, 0.15) is 5.60 Å². The Balaban J connectivity index is 1.78. The van der Waals surface area contributed by atoms with Crippen molar-refractivity contribution in [3.8, 4) is 0 Å². The molecule has 30 heavy (non-hydrogen) atoms. The maximum atomic E-state index is 12.7. The molecule has 1 aromatic carbocycles. The number of aryl methyl sites for hydroxylation is 1. The fourth-order valence-corrected chi connectivity index (χ4v) is 3.50. The predicted molar refractivity (Wildman–Crippen MR) is 119 cm³/mol. The first-order chi connectivity index (χ1) is 14.0. The first kappa shape index (κ1) is 21.9. The number of nitrogens with two attached hydrogens (primary N) is 1. The summed E-state index contributed by atoms with van der Waals surface area (Å²) in [6.45, 7) is 7.97. The number of nitrogens with zero attached hydrogens (tertiary/aromatic N) is 2. The second-order valence-corrected chi connectivity index (χ2v) is 8.86. The van der Waals surface area contributed by atoms with Crippen LogP contribution in [0.3, 0.4) is 0 Å². The Morgan fingerprint density at radius 1 is 1.30 bits per heavy atom. The zero-order chi connectivity index (χ0) is 22.1. The highest BCUT2D eigenvalue weighted by Gasteiger charge is 2.28. The number of hydrogen-bond donors (Lipinski definition) is 2. The molecule has 0 saturated carbocycles. The third-order valence-corrected chi connectivity index (χ3v) is 5.06. The van der Waals surface area contributed by atoms with E-state index in [1.165, 1.54) is 6.20 Å². The highest BCUT2D eigenvalue weighted by molar-refractivity contribution is 6.30. The molecule has 3 N–H and O–H groups in total. The molecule has 7 nitrogen and oxygen atoms in total. The molecule has 2 heterocycles. The molecule has 0 aliphatic carbocycles. The normalized spacial score (nSPS) is 14.6. The number of carbonyl (C=O) groups excluding carboxylic acids is 2. The number of ether oxygens (including phenoxy) is 1. The maximum Gasteiger partial charge on any atom is 0.414 e. The van der Waals surface area contributed by atoms with Crippen LogP contribution in [0.15, 0.2) is 30.5 Å². The van der Waals surface area contributed by atoms with E-state index in [2.05, 4.69) is 10.3 Å². The lowest BCUT2D eigenvalue weighted by atomic mass is 9.93. The number of nitrogen functional groups attached to an aromatic ring is 1. The zero-order valence-corrected chi connectivity index (χ0v) is 18.4. The minimum atomic E-state index is -0.557. The molecular formula is C22H27ClN4O3. The van der Waals surface area contributed by atoms with E-state index in [1.54, 1.807) is 11.0 Å². The first-order valence-corrected chi connectivity index (χ1v) is 10.3. The van der Waals surface area contributed by atoms with Gasteiger partial charge < -0.3 is 15.8 Å². The van der Waals surface area contributed by atoms with Gasteiger partial charge >= 0.3 is 6.09 Å². The van der Waals surface area contributed by atoms with Crippen molar-refractivity contribution in [2.45, 2.75) is 52.1 Å². The summed E-state index contributed by atoms with van der Waals surface area (Å²) in [4.78, 5) is 31.0. The van der Waals surface area contributed by atoms with Gasteiger partial charge in [-0.2, -0.15) is 0 Å². The van der Waals surface area contributed by atoms with Crippen molar-refractivity contribution in [2.75, 3.05) is 22.5 Å². The number of fused-ring (bicyclic) bond motifs is 1. The molecule has 1 atom stereocenters. The van der Waals surface area contributed by atoms with Crippen LogP contribution in [0.2, 0.25) is 5.02 Å². The molecule has 2 aromatic rings. The molecule has 2 amide bonds. The van der Waals surface area contributed by atoms with Crippen molar-refractivity contribution < 1.29 is 14.3 Å². The van der Waals surface area contributed by atoms with Crippen molar-refractivity contribution in [3.63, 3.8) is 0 Å². The average molecular weight is 431 g/mol. The van der Waals surface area contributed by atoms with Crippen LogP contribution in [0.5, 0.6) is 0 Å². The fraction of sp³-hybridized carbons (Fsp3) is 0.409. The lowest BCUT2D eigenvalue weighted by Crippen LogP contribution is -2.39. The lowest BCUT2D eigenvalue weighted by molar-refractivity contribution is -0.117. The summed E-state index contributed by atoms with van der Waals surface area (Å²) in [6, 6.07) is 7.27. The average Bonchev–Trinajstić information content (AvgIpc) is 2.67. The van der Waals surface area contributed by atoms with Crippen molar-refractivity contribution >= 4 is 40.8 Å². The molecule has 0 fully saturated rings. The van der Waals surface area contributed by atoms with Crippen LogP contribution in [-0.2, 0) is 16.0 Å². The monoisotopic (exact) mass is 430 g/mol. The van der Waals surface area contributed by atoms with E-state index < -0.39 is 11.5 Å². The predicted octanol–water partition coefficient (Wildman–Crippen LogP) is 4.75. The number of amides is 2. The number of aromatic nitrogens is 1. The quantitative estimate of drug-likeness (QED) is 0.732. The number of carbonyl (C=O) groups is 2. The molecule has 0 bridgehead atoms. The summed E-state index contributed by atoms with van der Waals surface area (Å²) in [7, 11) is 0. The van der Waals surface area contributed by atoms with E-state index in [-0.39, 0.29) is 17.8 Å². The number of hydrogen-bond acceptors (Lipinski definition) is 5. The SMILES string of the molecule is CC(C(=O)Nc1ncc(Cl)cc1N)c1ccc2c(c1)CCCN2C(=O)OC(C)(C)C. The van der Waals surface area contributed by atoms with Gasteiger partial charge in [0, 0.05) is 12.7 Å². The highest BCUT2D eigenvalue weighted by atomic mass is 35.5. The molecule has 0 spiro atoms. The van der Waals surface area contributed by atoms with Crippen LogP contribution >= 0.6 is 11.6 Å². The Labute approximate surface area is 181 Å². The van der Waals surface area contributed by atoms with Gasteiger partial charge in [0.15, 0.2) is 5.82 Å². The van der Waals surface area contributed by atoms with Crippen LogP contribution in [0.25, 0.3) is 0 Å². The third kappa shape index (κ3) is 5.02. The molecule has 3 rings (SSSR count). The van der Waals surface area contributed by atoms with Gasteiger partial charge in [-0.15, -0.1) is 0 Å². The Kier molecular flexibility index (Phi) is 6.22. The molecule has 1 aliphatic rings. The molecule has 1 aliphatic heterocycles. The Morgan fingerprint density at radius 3 is 2.70 bits per heavy atom. The van der Waals surface area contributed by atoms with Crippen LogP contribution in [0.1, 0.15) is 51.2 Å². The molecule has 1 aromatic heterocycles. The zero-order valence-electron chi connectivity index (χ0n) is 17.7. The van der Waals surface area contributed by atoms with E-state index >= 15 is 0 Å². The van der Waals surface area contributed by atoms with Gasteiger partial charge in [0.05, 0.1) is 22.3 Å². The van der Waals surface area contributed by atoms with Crippen molar-refractivity contribution in [2.24, 2.45) is 0 Å². The molecular weight excluding hydrogens is 404 g/mol. The summed E-state index contributed by atoms with van der Waals surface area (Å²) in [5.74, 6) is -0.370. The lowest BCUT2D eigenvalue weighted by Gasteiger charge is -2.32. The maximum absolute atomic E-state index is 12.7. The number of anilines is 3. The van der Waals surface area contributed by atoms with E-state index in [9.17, 15) is 9.59 Å². The third-order valence-electron chi connectivity index (χ3n) is 4.85. The fourth-order valence-electron chi connectivity index (χ4n) is 3.33. The molecule has 160 valence electrons. The largest absolute Gasteiger partial charge is 0.443 e. The van der Waals surface area contributed by atoms with Crippen molar-refractivity contribution in [1.29, 1.82) is 0 Å². The Morgan fingerprint density at radius 2 is 2.03 bits per heavy atom. The topological polar surface area (TPSA) is 97.5 Å². The van der Waals surface area contributed by atoms with Gasteiger partial charge in [0.25, 0.3) is 0 Å². The van der Waals surface area contributed by atoms with E-state index in [4.69, 9.17) is 22.1 Å². The van der Waals surface area contributed by atoms with Gasteiger partial charge in [-0.3, -0.25) is 9.69 Å². The van der Waals surface area contributed by atoms with Crippen molar-refractivity contribution in [1.82, 2.24) is 4.98 Å². The number of rotatable bonds is 3. The van der Waals surface area contributed by atoms with Crippen LogP contribution < -0.4 is 16.0 Å². The first-order valence-electron chi connectivity index (χ1n) is 9.90. The van der Waals surface area contributed by atoms with E-state index in [0.29, 0.717) is 17.3 Å². The van der Waals surface area contributed by atoms with Gasteiger partial charge in [-0.05, 0) is 63.8 Å². The van der Waals surface area contributed by atoms with E-state index in [0.717, 1.165) is 29.7 Å². The number of halogens is 1. The molecule has 8 heteroatoms. The molecule has 0 saturated heterocycles. The minimum absolute atomic E-state index is 0.226. The van der Waals surface area contributed by atoms with Gasteiger partial charge in [-0.25, -0.2) is 9.78 Å². The standard InChI is InChI=1S/C22H27ClN4O3/c1-13(20(28)26-19-17(24)11-16(23)12-25-19)14-7-8-18-15(10-14)6-5-9-27(18)21(29)30-22(2,3)4/h7-8,10-13H,5-6,9,24H2,1-4H3,(H,25,26,28). The van der Waals surface area contributed by atoms with Gasteiger partial charge in [-0.1, -0.05) is 23.7 Å². The Bertz CT molecular complexity index is 971. The number of pyridine rings is 1. The summed E-state index contributed by atoms with van der Waals surface area (Å²) in [5.41, 5.74) is 8.33. The summed E-state index contributed by atoms with van der Waals surface area (Å²) in [5, 5.41) is 3.16. The highest BCUT2D eigenvalue weighted by Crippen LogP contribution is 2.32. The number of nitrogens with one attached hydrogen (secondary N) is 1. The van der Waals surface area contributed by atoms with Crippen molar-refractivity contribution in [3.05, 3.63) is 46.6 Å². The van der Waals surface area contributed by atoms with Gasteiger partial charge in [0.2, 0.25) is 5.91 Å². The van der Waals surface area contributed by atoms with Crippen LogP contribution in [0.4, 0.5) is 22.0 Å². The Hall–Kier alpha value is -2.80. The number of benzene rings is 1. The molecule has 1 unspecified atom stereocenters. The summed E-state index contributed by atoms with van der Waals surface area (Å²) in [6.07, 6.45) is 2.75.